The maximum absolute atomic E-state index is 12.3. The Hall–Kier alpha value is -2.01. The zero-order valence-electron chi connectivity index (χ0n) is 15.1. The van der Waals surface area contributed by atoms with Crippen molar-refractivity contribution in [2.45, 2.75) is 71.8 Å². The van der Waals surface area contributed by atoms with Crippen LogP contribution in [0, 0.1) is 11.8 Å². The summed E-state index contributed by atoms with van der Waals surface area (Å²) in [6.45, 7) is 5.24. The van der Waals surface area contributed by atoms with E-state index in [1.165, 1.54) is 32.1 Å². The van der Waals surface area contributed by atoms with Gasteiger partial charge in [-0.05, 0) is 31.9 Å². The predicted molar refractivity (Wildman–Crippen MR) is 103 cm³/mol. The van der Waals surface area contributed by atoms with Gasteiger partial charge in [-0.25, -0.2) is 0 Å². The van der Waals surface area contributed by atoms with Gasteiger partial charge in [0.25, 0.3) is 0 Å². The van der Waals surface area contributed by atoms with Crippen LogP contribution in [-0.2, 0) is 13.0 Å². The van der Waals surface area contributed by atoms with Gasteiger partial charge in [-0.2, -0.15) is 0 Å². The second-order valence-electron chi connectivity index (χ2n) is 6.28. The van der Waals surface area contributed by atoms with Crippen LogP contribution in [0.2, 0.25) is 0 Å². The van der Waals surface area contributed by atoms with Crippen molar-refractivity contribution in [2.75, 3.05) is 0 Å². The van der Waals surface area contributed by atoms with Gasteiger partial charge in [0.1, 0.15) is 0 Å². The Labute approximate surface area is 145 Å². The number of hydrogen-bond donors (Lipinski definition) is 0. The second kappa shape index (κ2) is 9.98. The topological polar surface area (TPSA) is 22.0 Å². The van der Waals surface area contributed by atoms with Crippen LogP contribution in [-0.4, -0.2) is 4.57 Å². The number of benzene rings is 1. The maximum Gasteiger partial charge on any atom is 0.189 e. The lowest BCUT2D eigenvalue weighted by molar-refractivity contribution is 0.641. The van der Waals surface area contributed by atoms with Crippen molar-refractivity contribution in [1.29, 1.82) is 0 Å². The van der Waals surface area contributed by atoms with Gasteiger partial charge in [-0.1, -0.05) is 44.7 Å². The van der Waals surface area contributed by atoms with Crippen molar-refractivity contribution >= 4 is 10.9 Å². The number of para-hydroxylation sites is 1. The van der Waals surface area contributed by atoms with Gasteiger partial charge in [0.15, 0.2) is 5.43 Å². The van der Waals surface area contributed by atoms with E-state index in [1.807, 2.05) is 24.3 Å². The molecular weight excluding hydrogens is 294 g/mol. The number of aromatic nitrogens is 1. The number of hydrogen-bond acceptors (Lipinski definition) is 1. The zero-order valence-corrected chi connectivity index (χ0v) is 15.1. The molecular formula is C22H29NO. The van der Waals surface area contributed by atoms with Gasteiger partial charge in [-0.3, -0.25) is 4.79 Å². The summed E-state index contributed by atoms with van der Waals surface area (Å²) in [6.07, 6.45) is 9.13. The first-order valence-corrected chi connectivity index (χ1v) is 9.35. The molecule has 1 aromatic heterocycles. The fraction of sp³-hybridized carbons (Fsp3) is 0.500. The molecule has 0 fully saturated rings. The Morgan fingerprint density at radius 2 is 1.71 bits per heavy atom. The second-order valence-corrected chi connectivity index (χ2v) is 6.28. The van der Waals surface area contributed by atoms with Crippen molar-refractivity contribution in [3.8, 4) is 11.8 Å². The highest BCUT2D eigenvalue weighted by atomic mass is 16.1. The van der Waals surface area contributed by atoms with E-state index in [2.05, 4.69) is 30.3 Å². The molecule has 24 heavy (non-hydrogen) atoms. The molecule has 0 saturated heterocycles. The highest BCUT2D eigenvalue weighted by molar-refractivity contribution is 5.79. The summed E-state index contributed by atoms with van der Waals surface area (Å²) >= 11 is 0. The third-order valence-electron chi connectivity index (χ3n) is 4.46. The summed E-state index contributed by atoms with van der Waals surface area (Å²) in [5, 5.41) is 0.807. The molecule has 2 heteroatoms. The van der Waals surface area contributed by atoms with E-state index >= 15 is 0 Å². The van der Waals surface area contributed by atoms with Gasteiger partial charge in [-0.15, -0.1) is 11.8 Å². The van der Waals surface area contributed by atoms with Crippen LogP contribution < -0.4 is 5.43 Å². The Bertz CT molecular complexity index is 761. The lowest BCUT2D eigenvalue weighted by atomic mass is 10.1. The number of unbranched alkanes of at least 4 members (excludes halogenated alkanes) is 5. The summed E-state index contributed by atoms with van der Waals surface area (Å²) in [6, 6.07) is 9.65. The molecule has 2 rings (SSSR count). The van der Waals surface area contributed by atoms with Crippen LogP contribution in [0.25, 0.3) is 10.9 Å². The summed E-state index contributed by atoms with van der Waals surface area (Å²) in [7, 11) is 0. The Kier molecular flexibility index (Phi) is 7.62. The first kappa shape index (κ1) is 18.3. The van der Waals surface area contributed by atoms with Crippen LogP contribution in [0.3, 0.4) is 0 Å². The van der Waals surface area contributed by atoms with E-state index in [0.717, 1.165) is 42.4 Å². The normalized spacial score (nSPS) is 10.6. The monoisotopic (exact) mass is 323 g/mol. The lowest BCUT2D eigenvalue weighted by Gasteiger charge is -2.14. The largest absolute Gasteiger partial charge is 0.345 e. The molecule has 1 heterocycles. The number of nitrogens with zero attached hydrogens (tertiary/aromatic N) is 1. The number of pyridine rings is 1. The first-order chi connectivity index (χ1) is 11.8. The smallest absolute Gasteiger partial charge is 0.189 e. The zero-order chi connectivity index (χ0) is 17.2. The minimum absolute atomic E-state index is 0.120. The van der Waals surface area contributed by atoms with Crippen molar-refractivity contribution in [2.24, 2.45) is 0 Å². The number of fused-ring (bicyclic) bond motifs is 1. The Morgan fingerprint density at radius 3 is 2.50 bits per heavy atom. The lowest BCUT2D eigenvalue weighted by Crippen LogP contribution is -2.13. The molecule has 0 atom stereocenters. The third kappa shape index (κ3) is 4.99. The molecule has 0 spiro atoms. The molecule has 0 amide bonds. The standard InChI is InChI=1S/C22H29NO/c1-3-5-6-7-8-9-10-11-12-15-19-18-22(24)20-16-13-14-17-21(20)23(19)4-2/h13-14,16-18H,3-9,12,15H2,1-2H3. The summed E-state index contributed by atoms with van der Waals surface area (Å²) < 4.78 is 2.24. The molecule has 0 bridgehead atoms. The molecule has 1 aromatic carbocycles. The molecule has 0 unspecified atom stereocenters. The van der Waals surface area contributed by atoms with Crippen molar-refractivity contribution in [1.82, 2.24) is 4.57 Å². The van der Waals surface area contributed by atoms with Gasteiger partial charge >= 0.3 is 0 Å². The quantitative estimate of drug-likeness (QED) is 0.476. The molecule has 0 aliphatic heterocycles. The minimum atomic E-state index is 0.120. The SMILES string of the molecule is CCCCCCCC#CCCc1cc(=O)c2ccccc2n1CC. The molecule has 0 aliphatic rings. The summed E-state index contributed by atoms with van der Waals surface area (Å²) in [5.74, 6) is 6.56. The van der Waals surface area contributed by atoms with Gasteiger partial charge < -0.3 is 4.57 Å². The molecule has 128 valence electrons. The van der Waals surface area contributed by atoms with Crippen LogP contribution in [0.4, 0.5) is 0 Å². The van der Waals surface area contributed by atoms with Crippen molar-refractivity contribution < 1.29 is 0 Å². The van der Waals surface area contributed by atoms with E-state index in [-0.39, 0.29) is 5.43 Å². The van der Waals surface area contributed by atoms with Gasteiger partial charge in [0.05, 0.1) is 5.52 Å². The molecule has 2 aromatic rings. The van der Waals surface area contributed by atoms with Gasteiger partial charge in [0.2, 0.25) is 0 Å². The van der Waals surface area contributed by atoms with Crippen LogP contribution in [0.1, 0.15) is 64.5 Å². The van der Waals surface area contributed by atoms with Gasteiger partial charge in [0, 0.05) is 36.5 Å². The molecule has 0 radical (unpaired) electrons. The minimum Gasteiger partial charge on any atom is -0.345 e. The van der Waals surface area contributed by atoms with E-state index < -0.39 is 0 Å². The van der Waals surface area contributed by atoms with Crippen molar-refractivity contribution in [3.63, 3.8) is 0 Å². The van der Waals surface area contributed by atoms with Crippen LogP contribution in [0.15, 0.2) is 35.1 Å². The average Bonchev–Trinajstić information content (AvgIpc) is 2.60. The fourth-order valence-corrected chi connectivity index (χ4v) is 3.14. The molecule has 2 nitrogen and oxygen atoms in total. The van der Waals surface area contributed by atoms with Crippen molar-refractivity contribution in [3.05, 3.63) is 46.2 Å². The van der Waals surface area contributed by atoms with E-state index in [1.54, 1.807) is 6.07 Å². The maximum atomic E-state index is 12.3. The highest BCUT2D eigenvalue weighted by Gasteiger charge is 2.06. The summed E-state index contributed by atoms with van der Waals surface area (Å²) in [4.78, 5) is 12.3. The van der Waals surface area contributed by atoms with Crippen LogP contribution >= 0.6 is 0 Å². The first-order valence-electron chi connectivity index (χ1n) is 9.35. The Balaban J connectivity index is 1.95. The fourth-order valence-electron chi connectivity index (χ4n) is 3.14. The third-order valence-corrected chi connectivity index (χ3v) is 4.46. The van der Waals surface area contributed by atoms with E-state index in [0.29, 0.717) is 0 Å². The molecule has 0 N–H and O–H groups in total. The predicted octanol–water partition coefficient (Wildman–Crippen LogP) is 5.32. The number of aryl methyl sites for hydroxylation is 2. The molecule has 0 saturated carbocycles. The van der Waals surface area contributed by atoms with E-state index in [4.69, 9.17) is 0 Å². The highest BCUT2D eigenvalue weighted by Crippen LogP contribution is 2.14. The van der Waals surface area contributed by atoms with Crippen LogP contribution in [0.5, 0.6) is 0 Å². The molecule has 0 aliphatic carbocycles. The number of rotatable bonds is 8. The van der Waals surface area contributed by atoms with E-state index in [9.17, 15) is 4.79 Å². The summed E-state index contributed by atoms with van der Waals surface area (Å²) in [5.41, 5.74) is 2.25. The Morgan fingerprint density at radius 1 is 0.958 bits per heavy atom. The average molecular weight is 323 g/mol.